The molecule has 0 fully saturated rings. The summed E-state index contributed by atoms with van der Waals surface area (Å²) in [6, 6.07) is 16.2. The molecule has 0 aliphatic heterocycles. The Kier molecular flexibility index (Phi) is 8.71. The summed E-state index contributed by atoms with van der Waals surface area (Å²) in [6.45, 7) is -0.169. The van der Waals surface area contributed by atoms with Gasteiger partial charge in [0, 0.05) is 23.9 Å². The van der Waals surface area contributed by atoms with E-state index in [0.29, 0.717) is 16.2 Å². The minimum absolute atomic E-state index is 0.0901. The van der Waals surface area contributed by atoms with E-state index >= 15 is 0 Å². The number of amides is 2. The van der Waals surface area contributed by atoms with Gasteiger partial charge in [0.05, 0.1) is 25.5 Å². The van der Waals surface area contributed by atoms with Crippen molar-refractivity contribution in [2.75, 3.05) is 14.2 Å². The second-order valence-corrected chi connectivity index (χ2v) is 11.4. The van der Waals surface area contributed by atoms with Gasteiger partial charge < -0.3 is 10.1 Å². The van der Waals surface area contributed by atoms with Gasteiger partial charge in [-0.1, -0.05) is 29.5 Å². The lowest BCUT2D eigenvalue weighted by molar-refractivity contribution is -0.133. The van der Waals surface area contributed by atoms with Crippen LogP contribution < -0.4 is 20.3 Å². The molecule has 1 atom stereocenters. The summed E-state index contributed by atoms with van der Waals surface area (Å²) in [5.41, 5.74) is 3.89. The predicted molar refractivity (Wildman–Crippen MR) is 143 cm³/mol. The molecule has 0 radical (unpaired) electrons. The molecule has 12 nitrogen and oxygen atoms in total. The highest BCUT2D eigenvalue weighted by Crippen LogP contribution is 2.31. The van der Waals surface area contributed by atoms with Crippen LogP contribution in [0, 0.1) is 0 Å². The third-order valence-corrected chi connectivity index (χ3v) is 8.83. The summed E-state index contributed by atoms with van der Waals surface area (Å²) in [6.07, 6.45) is 1.64. The molecule has 39 heavy (non-hydrogen) atoms. The third kappa shape index (κ3) is 6.67. The lowest BCUT2D eigenvalue weighted by atomic mass is 10.1. The van der Waals surface area contributed by atoms with Gasteiger partial charge in [0.1, 0.15) is 16.0 Å². The number of hydroxylamine groups is 1. The Morgan fingerprint density at radius 3 is 2.59 bits per heavy atom. The molecular formula is C25H26N6O6S2. The number of methoxy groups -OCH3 is 1. The van der Waals surface area contributed by atoms with E-state index in [-0.39, 0.29) is 28.8 Å². The zero-order valence-electron chi connectivity index (χ0n) is 21.0. The first kappa shape index (κ1) is 27.9. The molecule has 14 heteroatoms. The van der Waals surface area contributed by atoms with Crippen LogP contribution in [0.4, 0.5) is 0 Å². The summed E-state index contributed by atoms with van der Waals surface area (Å²) in [7, 11) is -0.795. The molecule has 4 rings (SSSR count). The van der Waals surface area contributed by atoms with Gasteiger partial charge in [0.2, 0.25) is 10.0 Å². The van der Waals surface area contributed by atoms with E-state index in [1.54, 1.807) is 67.2 Å². The SMILES string of the molecule is CNC(=O)c1cccc(-c2ccc(S(=O)(=O)NCc3cn([C@@H](Cc4ccc(OC)cc4)C(=O)NO)nn3)s2)c1. The van der Waals surface area contributed by atoms with Crippen LogP contribution in [0.15, 0.2) is 71.1 Å². The maximum absolute atomic E-state index is 12.9. The molecule has 2 heterocycles. The van der Waals surface area contributed by atoms with Gasteiger partial charge in [0.15, 0.2) is 0 Å². The molecule has 4 N–H and O–H groups in total. The third-order valence-electron chi connectivity index (χ3n) is 5.80. The summed E-state index contributed by atoms with van der Waals surface area (Å²) in [5.74, 6) is -0.277. The van der Waals surface area contributed by atoms with Crippen molar-refractivity contribution in [3.8, 4) is 16.2 Å². The van der Waals surface area contributed by atoms with Gasteiger partial charge in [-0.05, 0) is 47.5 Å². The standard InChI is InChI=1S/C25H26N6O6S2/c1-26-24(32)18-5-3-4-17(13-18)22-10-11-23(38-22)39(35,36)27-14-19-15-31(30-28-19)21(25(33)29-34)12-16-6-8-20(37-2)9-7-16/h3-11,13,15,21,27,34H,12,14H2,1-2H3,(H,26,32)(H,29,33)/t21-/m0/s1. The topological polar surface area (TPSA) is 165 Å². The lowest BCUT2D eigenvalue weighted by Crippen LogP contribution is -2.32. The van der Waals surface area contributed by atoms with Crippen LogP contribution >= 0.6 is 11.3 Å². The van der Waals surface area contributed by atoms with E-state index < -0.39 is 22.0 Å². The average Bonchev–Trinajstić information content (AvgIpc) is 3.65. The summed E-state index contributed by atoms with van der Waals surface area (Å²) >= 11 is 1.06. The predicted octanol–water partition coefficient (Wildman–Crippen LogP) is 2.14. The van der Waals surface area contributed by atoms with Gasteiger partial charge in [-0.3, -0.25) is 14.8 Å². The van der Waals surface area contributed by atoms with Crippen molar-refractivity contribution in [1.82, 2.24) is 30.5 Å². The van der Waals surface area contributed by atoms with Gasteiger partial charge >= 0.3 is 0 Å². The molecule has 204 valence electrons. The summed E-state index contributed by atoms with van der Waals surface area (Å²) in [5, 5.41) is 19.7. The largest absolute Gasteiger partial charge is 0.497 e. The van der Waals surface area contributed by atoms with E-state index in [1.807, 2.05) is 0 Å². The minimum atomic E-state index is -3.88. The van der Waals surface area contributed by atoms with Crippen molar-refractivity contribution >= 4 is 33.2 Å². The highest BCUT2D eigenvalue weighted by atomic mass is 32.2. The molecule has 4 aromatic rings. The number of hydrogen-bond donors (Lipinski definition) is 4. The first-order chi connectivity index (χ1) is 18.7. The zero-order valence-corrected chi connectivity index (χ0v) is 22.6. The molecule has 2 aromatic carbocycles. The van der Waals surface area contributed by atoms with Crippen LogP contribution in [0.25, 0.3) is 10.4 Å². The Labute approximate surface area is 228 Å². The number of sulfonamides is 1. The van der Waals surface area contributed by atoms with Crippen molar-refractivity contribution in [1.29, 1.82) is 0 Å². The number of nitrogens with one attached hydrogen (secondary N) is 3. The minimum Gasteiger partial charge on any atom is -0.497 e. The molecule has 0 saturated heterocycles. The fourth-order valence-electron chi connectivity index (χ4n) is 3.73. The number of benzene rings is 2. The van der Waals surface area contributed by atoms with Crippen molar-refractivity contribution in [2.24, 2.45) is 0 Å². The number of hydrogen-bond acceptors (Lipinski definition) is 9. The Morgan fingerprint density at radius 1 is 1.13 bits per heavy atom. The number of aromatic nitrogens is 3. The van der Waals surface area contributed by atoms with Crippen LogP contribution in [0.5, 0.6) is 5.75 Å². The maximum Gasteiger partial charge on any atom is 0.268 e. The van der Waals surface area contributed by atoms with Crippen LogP contribution in [0.2, 0.25) is 0 Å². The van der Waals surface area contributed by atoms with Gasteiger partial charge in [-0.15, -0.1) is 16.4 Å². The van der Waals surface area contributed by atoms with E-state index in [2.05, 4.69) is 20.4 Å². The highest BCUT2D eigenvalue weighted by Gasteiger charge is 2.23. The van der Waals surface area contributed by atoms with E-state index in [1.165, 1.54) is 24.0 Å². The normalized spacial score (nSPS) is 12.1. The fraction of sp³-hybridized carbons (Fsp3) is 0.200. The highest BCUT2D eigenvalue weighted by molar-refractivity contribution is 7.91. The number of ether oxygens (including phenoxy) is 1. The Morgan fingerprint density at radius 2 is 1.90 bits per heavy atom. The van der Waals surface area contributed by atoms with Gasteiger partial charge in [0.25, 0.3) is 11.8 Å². The fourth-order valence-corrected chi connectivity index (χ4v) is 6.08. The van der Waals surface area contributed by atoms with Crippen LogP contribution in [0.3, 0.4) is 0 Å². The molecular weight excluding hydrogens is 544 g/mol. The second kappa shape index (κ2) is 12.2. The quantitative estimate of drug-likeness (QED) is 0.157. The van der Waals surface area contributed by atoms with Gasteiger partial charge in [-0.2, -0.15) is 0 Å². The Hall–Kier alpha value is -4.11. The molecule has 0 unspecified atom stereocenters. The summed E-state index contributed by atoms with van der Waals surface area (Å²) in [4.78, 5) is 25.0. The first-order valence-corrected chi connectivity index (χ1v) is 13.9. The summed E-state index contributed by atoms with van der Waals surface area (Å²) < 4.78 is 34.9. The smallest absolute Gasteiger partial charge is 0.268 e. The maximum atomic E-state index is 12.9. The van der Waals surface area contributed by atoms with Gasteiger partial charge in [-0.25, -0.2) is 23.3 Å². The molecule has 0 bridgehead atoms. The van der Waals surface area contributed by atoms with E-state index in [0.717, 1.165) is 22.5 Å². The Bertz CT molecular complexity index is 1570. The molecule has 0 aliphatic carbocycles. The molecule has 2 aromatic heterocycles. The number of carbonyl (C=O) groups is 2. The van der Waals surface area contributed by atoms with Crippen molar-refractivity contribution < 1.29 is 28.0 Å². The van der Waals surface area contributed by atoms with Crippen molar-refractivity contribution in [2.45, 2.75) is 23.2 Å². The molecule has 0 aliphatic rings. The van der Waals surface area contributed by atoms with Crippen LogP contribution in [-0.2, 0) is 27.8 Å². The number of nitrogens with zero attached hydrogens (tertiary/aromatic N) is 3. The van der Waals surface area contributed by atoms with Crippen molar-refractivity contribution in [3.63, 3.8) is 0 Å². The Balaban J connectivity index is 1.45. The van der Waals surface area contributed by atoms with Crippen LogP contribution in [0.1, 0.15) is 27.7 Å². The van der Waals surface area contributed by atoms with Crippen molar-refractivity contribution in [3.05, 3.63) is 83.7 Å². The number of rotatable bonds is 11. The molecule has 0 spiro atoms. The second-order valence-electron chi connectivity index (χ2n) is 8.34. The first-order valence-electron chi connectivity index (χ1n) is 11.6. The zero-order chi connectivity index (χ0) is 28.0. The van der Waals surface area contributed by atoms with E-state index in [4.69, 9.17) is 4.74 Å². The monoisotopic (exact) mass is 570 g/mol. The lowest BCUT2D eigenvalue weighted by Gasteiger charge is -2.15. The molecule has 2 amide bonds. The molecule has 0 saturated carbocycles. The number of thiophene rings is 1. The average molecular weight is 571 g/mol. The van der Waals surface area contributed by atoms with E-state index in [9.17, 15) is 23.2 Å². The number of carbonyl (C=O) groups excluding carboxylic acids is 2. The van der Waals surface area contributed by atoms with Crippen LogP contribution in [-0.4, -0.2) is 54.6 Å².